The summed E-state index contributed by atoms with van der Waals surface area (Å²) in [5.74, 6) is 0.592. The number of nitrogen functional groups attached to an aromatic ring is 1. The summed E-state index contributed by atoms with van der Waals surface area (Å²) in [5.41, 5.74) is 7.86. The molecule has 0 spiro atoms. The van der Waals surface area contributed by atoms with Crippen LogP contribution >= 0.6 is 0 Å². The summed E-state index contributed by atoms with van der Waals surface area (Å²) in [6.45, 7) is 0.243. The van der Waals surface area contributed by atoms with Gasteiger partial charge < -0.3 is 24.9 Å². The number of hydrogen-bond acceptors (Lipinski definition) is 7. The summed E-state index contributed by atoms with van der Waals surface area (Å²) in [4.78, 5) is 24.7. The molecule has 3 heterocycles. The number of nitrogens with one attached hydrogen (secondary N) is 1. The maximum atomic E-state index is 12.4. The Morgan fingerprint density at radius 3 is 2.83 bits per heavy atom. The molecule has 1 aromatic carbocycles. The lowest BCUT2D eigenvalue weighted by molar-refractivity contribution is 0.102. The fraction of sp³-hybridized carbons (Fsp3) is 0.100. The number of fused-ring (bicyclic) bond motifs is 1. The quantitative estimate of drug-likeness (QED) is 0.519. The maximum Gasteiger partial charge on any atom is 0.278 e. The van der Waals surface area contributed by atoms with E-state index in [9.17, 15) is 4.79 Å². The van der Waals surface area contributed by atoms with Crippen molar-refractivity contribution in [3.8, 4) is 11.5 Å². The van der Waals surface area contributed by atoms with Crippen LogP contribution in [0.2, 0.25) is 0 Å². The van der Waals surface area contributed by atoms with Gasteiger partial charge in [0.2, 0.25) is 0 Å². The van der Waals surface area contributed by atoms with Gasteiger partial charge in [0.1, 0.15) is 12.3 Å². The predicted molar refractivity (Wildman–Crippen MR) is 107 cm³/mol. The number of methoxy groups -OCH3 is 1. The van der Waals surface area contributed by atoms with Crippen LogP contribution < -0.4 is 20.5 Å². The number of pyridine rings is 1. The van der Waals surface area contributed by atoms with E-state index in [0.717, 1.165) is 11.3 Å². The van der Waals surface area contributed by atoms with Crippen molar-refractivity contribution in [2.75, 3.05) is 18.2 Å². The molecule has 0 atom stereocenters. The van der Waals surface area contributed by atoms with Crippen LogP contribution in [0.15, 0.2) is 61.2 Å². The molecule has 0 radical (unpaired) electrons. The number of amides is 1. The van der Waals surface area contributed by atoms with Crippen molar-refractivity contribution in [1.82, 2.24) is 19.4 Å². The highest BCUT2D eigenvalue weighted by Gasteiger charge is 2.14. The Labute approximate surface area is 166 Å². The van der Waals surface area contributed by atoms with E-state index in [1.165, 1.54) is 12.4 Å². The van der Waals surface area contributed by atoms with Crippen LogP contribution in [-0.2, 0) is 6.61 Å². The molecule has 0 unspecified atom stereocenters. The second-order valence-corrected chi connectivity index (χ2v) is 6.10. The Balaban J connectivity index is 1.52. The Hall–Kier alpha value is -4.14. The third kappa shape index (κ3) is 3.93. The van der Waals surface area contributed by atoms with E-state index in [-0.39, 0.29) is 18.1 Å². The van der Waals surface area contributed by atoms with Crippen molar-refractivity contribution in [2.45, 2.75) is 6.61 Å². The summed E-state index contributed by atoms with van der Waals surface area (Å²) in [6, 6.07) is 10.8. The third-order valence-electron chi connectivity index (χ3n) is 4.15. The standard InChI is InChI=1S/C20H18N6O3/c1-28-15-6-5-13(25-20(27)18-19(21)23-8-7-22-18)10-16(15)29-12-14-11-26-9-3-2-4-17(26)24-14/h2-11H,12H2,1H3,(H2,21,23)(H,25,27). The molecule has 146 valence electrons. The van der Waals surface area contributed by atoms with Gasteiger partial charge >= 0.3 is 0 Å². The largest absolute Gasteiger partial charge is 0.493 e. The number of carbonyl (C=O) groups excluding carboxylic acids is 1. The lowest BCUT2D eigenvalue weighted by Gasteiger charge is -2.12. The van der Waals surface area contributed by atoms with Gasteiger partial charge in [0.15, 0.2) is 23.0 Å². The number of nitrogens with two attached hydrogens (primary N) is 1. The zero-order valence-corrected chi connectivity index (χ0v) is 15.6. The smallest absolute Gasteiger partial charge is 0.278 e. The van der Waals surface area contributed by atoms with Crippen molar-refractivity contribution in [3.63, 3.8) is 0 Å². The molecule has 3 N–H and O–H groups in total. The van der Waals surface area contributed by atoms with Crippen LogP contribution in [0.1, 0.15) is 16.2 Å². The molecule has 0 saturated carbocycles. The number of imidazole rings is 1. The van der Waals surface area contributed by atoms with Crippen LogP contribution in [-0.4, -0.2) is 32.4 Å². The molecule has 0 saturated heterocycles. The molecule has 9 heteroatoms. The molecule has 4 rings (SSSR count). The minimum absolute atomic E-state index is 0.0514. The molecule has 9 nitrogen and oxygen atoms in total. The van der Waals surface area contributed by atoms with Gasteiger partial charge in [-0.05, 0) is 24.3 Å². The Bertz CT molecular complexity index is 1140. The van der Waals surface area contributed by atoms with E-state index in [1.807, 2.05) is 35.0 Å². The van der Waals surface area contributed by atoms with Crippen LogP contribution in [0.25, 0.3) is 5.65 Å². The van der Waals surface area contributed by atoms with Gasteiger partial charge in [-0.15, -0.1) is 0 Å². The number of carbonyl (C=O) groups is 1. The molecule has 29 heavy (non-hydrogen) atoms. The number of rotatable bonds is 6. The Morgan fingerprint density at radius 2 is 2.03 bits per heavy atom. The van der Waals surface area contributed by atoms with E-state index in [0.29, 0.717) is 17.2 Å². The molecule has 4 aromatic rings. The molecular weight excluding hydrogens is 372 g/mol. The topological polar surface area (TPSA) is 117 Å². The first-order chi connectivity index (χ1) is 14.1. The fourth-order valence-corrected chi connectivity index (χ4v) is 2.79. The SMILES string of the molecule is COc1ccc(NC(=O)c2nccnc2N)cc1OCc1cn2ccccc2n1. The van der Waals surface area contributed by atoms with Crippen molar-refractivity contribution in [1.29, 1.82) is 0 Å². The first kappa shape index (κ1) is 18.2. The summed E-state index contributed by atoms with van der Waals surface area (Å²) < 4.78 is 13.2. The van der Waals surface area contributed by atoms with Gasteiger partial charge in [0.05, 0.1) is 12.8 Å². The van der Waals surface area contributed by atoms with E-state index >= 15 is 0 Å². The highest BCUT2D eigenvalue weighted by atomic mass is 16.5. The first-order valence-electron chi connectivity index (χ1n) is 8.75. The minimum atomic E-state index is -0.466. The molecule has 0 aliphatic heterocycles. The summed E-state index contributed by atoms with van der Waals surface area (Å²) >= 11 is 0. The lowest BCUT2D eigenvalue weighted by atomic mass is 10.2. The maximum absolute atomic E-state index is 12.4. The zero-order valence-electron chi connectivity index (χ0n) is 15.6. The molecule has 0 aliphatic carbocycles. The van der Waals surface area contributed by atoms with E-state index in [2.05, 4.69) is 20.3 Å². The Morgan fingerprint density at radius 1 is 1.17 bits per heavy atom. The zero-order chi connectivity index (χ0) is 20.2. The van der Waals surface area contributed by atoms with Gasteiger partial charge in [-0.1, -0.05) is 6.07 Å². The van der Waals surface area contributed by atoms with Crippen molar-refractivity contribution in [3.05, 3.63) is 72.6 Å². The van der Waals surface area contributed by atoms with Crippen molar-refractivity contribution < 1.29 is 14.3 Å². The lowest BCUT2D eigenvalue weighted by Crippen LogP contribution is -2.16. The number of ether oxygens (including phenoxy) is 2. The summed E-state index contributed by atoms with van der Waals surface area (Å²) in [7, 11) is 1.55. The minimum Gasteiger partial charge on any atom is -0.493 e. The van der Waals surface area contributed by atoms with Crippen LogP contribution in [0.4, 0.5) is 11.5 Å². The molecule has 3 aromatic heterocycles. The highest BCUT2D eigenvalue weighted by molar-refractivity contribution is 6.05. The first-order valence-corrected chi connectivity index (χ1v) is 8.75. The molecule has 1 amide bonds. The van der Waals surface area contributed by atoms with E-state index in [4.69, 9.17) is 15.2 Å². The van der Waals surface area contributed by atoms with Crippen LogP contribution in [0.5, 0.6) is 11.5 Å². The summed E-state index contributed by atoms with van der Waals surface area (Å²) in [6.07, 6.45) is 6.64. The second-order valence-electron chi connectivity index (χ2n) is 6.10. The molecule has 0 bridgehead atoms. The normalized spacial score (nSPS) is 10.7. The van der Waals surface area contributed by atoms with E-state index in [1.54, 1.807) is 25.3 Å². The van der Waals surface area contributed by atoms with Gasteiger partial charge in [0, 0.05) is 36.5 Å². The van der Waals surface area contributed by atoms with Crippen molar-refractivity contribution in [2.24, 2.45) is 0 Å². The average molecular weight is 390 g/mol. The second kappa shape index (κ2) is 7.85. The van der Waals surface area contributed by atoms with Gasteiger partial charge in [-0.25, -0.2) is 15.0 Å². The van der Waals surface area contributed by atoms with Gasteiger partial charge in [-0.3, -0.25) is 4.79 Å². The Kier molecular flexibility index (Phi) is 4.93. The number of anilines is 2. The molecule has 0 fully saturated rings. The monoisotopic (exact) mass is 390 g/mol. The summed E-state index contributed by atoms with van der Waals surface area (Å²) in [5, 5.41) is 2.73. The van der Waals surface area contributed by atoms with Gasteiger partial charge in [0.25, 0.3) is 5.91 Å². The number of aromatic nitrogens is 4. The fourth-order valence-electron chi connectivity index (χ4n) is 2.79. The van der Waals surface area contributed by atoms with Gasteiger partial charge in [-0.2, -0.15) is 0 Å². The number of benzene rings is 1. The van der Waals surface area contributed by atoms with Crippen molar-refractivity contribution >= 4 is 23.1 Å². The van der Waals surface area contributed by atoms with Crippen LogP contribution in [0.3, 0.4) is 0 Å². The highest BCUT2D eigenvalue weighted by Crippen LogP contribution is 2.31. The third-order valence-corrected chi connectivity index (χ3v) is 4.15. The van der Waals surface area contributed by atoms with Crippen LogP contribution in [0, 0.1) is 0 Å². The number of nitrogens with zero attached hydrogens (tertiary/aromatic N) is 4. The molecular formula is C20H18N6O3. The average Bonchev–Trinajstić information content (AvgIpc) is 3.15. The predicted octanol–water partition coefficient (Wildman–Crippen LogP) is 2.55. The number of hydrogen-bond donors (Lipinski definition) is 2. The molecule has 0 aliphatic rings. The van der Waals surface area contributed by atoms with E-state index < -0.39 is 5.91 Å².